The fourth-order valence-corrected chi connectivity index (χ4v) is 5.18. The summed E-state index contributed by atoms with van der Waals surface area (Å²) >= 11 is 10.8. The van der Waals surface area contributed by atoms with Gasteiger partial charge in [-0.1, -0.05) is 35.9 Å². The maximum Gasteiger partial charge on any atom is 0.319 e. The molecule has 3 heterocycles. The second-order valence-corrected chi connectivity index (χ2v) is 8.94. The van der Waals surface area contributed by atoms with Gasteiger partial charge in [-0.2, -0.15) is 15.2 Å². The fraction of sp³-hybridized carbons (Fsp3) is 0.375. The molecule has 0 amide bonds. The largest absolute Gasteiger partial charge is 0.453 e. The van der Waals surface area contributed by atoms with E-state index in [-0.39, 0.29) is 12.0 Å². The van der Waals surface area contributed by atoms with Gasteiger partial charge in [0.1, 0.15) is 11.8 Å². The number of nitrogens with zero attached hydrogens (tertiary/aromatic N) is 5. The Hall–Kier alpha value is -2.73. The van der Waals surface area contributed by atoms with Crippen molar-refractivity contribution in [1.82, 2.24) is 15.3 Å². The van der Waals surface area contributed by atoms with Gasteiger partial charge in [-0.3, -0.25) is 0 Å². The van der Waals surface area contributed by atoms with Gasteiger partial charge in [-0.15, -0.1) is 12.6 Å². The summed E-state index contributed by atoms with van der Waals surface area (Å²) in [7, 11) is 0. The van der Waals surface area contributed by atoms with E-state index in [1.807, 2.05) is 12.1 Å². The Morgan fingerprint density at radius 3 is 2.85 bits per heavy atom. The van der Waals surface area contributed by atoms with E-state index in [1.165, 1.54) is 0 Å². The van der Waals surface area contributed by atoms with Crippen molar-refractivity contribution in [3.63, 3.8) is 0 Å². The molecule has 170 valence electrons. The minimum atomic E-state index is 0.126. The van der Waals surface area contributed by atoms with Crippen molar-refractivity contribution in [3.8, 4) is 12.1 Å². The number of nitriles is 1. The van der Waals surface area contributed by atoms with Crippen LogP contribution in [0.1, 0.15) is 17.7 Å². The maximum atomic E-state index is 9.14. The fourth-order valence-electron chi connectivity index (χ4n) is 4.78. The Labute approximate surface area is 203 Å². The molecule has 1 fully saturated rings. The van der Waals surface area contributed by atoms with Crippen LogP contribution in [0, 0.1) is 11.3 Å². The van der Waals surface area contributed by atoms with E-state index in [0.29, 0.717) is 19.0 Å². The first kappa shape index (κ1) is 22.1. The molecule has 1 saturated heterocycles. The highest BCUT2D eigenvalue weighted by Gasteiger charge is 2.29. The van der Waals surface area contributed by atoms with E-state index in [9.17, 15) is 0 Å². The molecule has 0 saturated carbocycles. The monoisotopic (exact) mass is 480 g/mol. The normalized spacial score (nSPS) is 18.2. The maximum absolute atomic E-state index is 9.14. The molecule has 33 heavy (non-hydrogen) atoms. The number of benzene rings is 2. The smallest absolute Gasteiger partial charge is 0.319 e. The molecule has 0 unspecified atom stereocenters. The molecule has 2 aliphatic rings. The minimum absolute atomic E-state index is 0.126. The van der Waals surface area contributed by atoms with Crippen molar-refractivity contribution >= 4 is 46.5 Å². The number of piperazine rings is 1. The zero-order valence-electron chi connectivity index (χ0n) is 18.2. The lowest BCUT2D eigenvalue weighted by Gasteiger charge is -2.37. The highest BCUT2D eigenvalue weighted by atomic mass is 35.5. The lowest BCUT2D eigenvalue weighted by Crippen LogP contribution is -2.51. The first-order chi connectivity index (χ1) is 16.2. The molecule has 0 bridgehead atoms. The Morgan fingerprint density at radius 2 is 2.03 bits per heavy atom. The van der Waals surface area contributed by atoms with Gasteiger partial charge in [0.05, 0.1) is 29.8 Å². The molecule has 2 aliphatic heterocycles. The number of ether oxygens (including phenoxy) is 1. The number of anilines is 2. The molecular formula is C24H25ClN6OS. The number of nitrogens with one attached hydrogen (secondary N) is 1. The molecular weight excluding hydrogens is 456 g/mol. The predicted octanol–water partition coefficient (Wildman–Crippen LogP) is 3.80. The zero-order valence-corrected chi connectivity index (χ0v) is 19.8. The summed E-state index contributed by atoms with van der Waals surface area (Å²) in [6.45, 7) is 3.86. The molecule has 5 rings (SSSR count). The number of thiol groups is 1. The van der Waals surface area contributed by atoms with Crippen LogP contribution in [0.4, 0.5) is 11.5 Å². The van der Waals surface area contributed by atoms with Crippen molar-refractivity contribution in [1.29, 1.82) is 5.26 Å². The van der Waals surface area contributed by atoms with Crippen molar-refractivity contribution in [2.45, 2.75) is 25.4 Å². The lowest BCUT2D eigenvalue weighted by atomic mass is 10.0. The summed E-state index contributed by atoms with van der Waals surface area (Å²) < 4.78 is 5.62. The highest BCUT2D eigenvalue weighted by molar-refractivity contribution is 7.80. The minimum Gasteiger partial charge on any atom is -0.453 e. The van der Waals surface area contributed by atoms with Crippen molar-refractivity contribution in [3.05, 3.63) is 52.7 Å². The average Bonchev–Trinajstić information content (AvgIpc) is 2.84. The summed E-state index contributed by atoms with van der Waals surface area (Å²) in [5.74, 6) is 1.12. The van der Waals surface area contributed by atoms with Gasteiger partial charge in [0.2, 0.25) is 0 Å². The van der Waals surface area contributed by atoms with Gasteiger partial charge in [-0.25, -0.2) is 0 Å². The standard InChI is InChI=1S/C24H25ClN6OS/c25-19-5-1-3-16-4-2-6-21(22(16)19)30-11-8-18-20(14-30)28-24(32-15-33)29-23(18)31-12-10-27-17(13-31)7-9-26/h1-6,17,27,33H,7-8,10-15H2/t17-/m0/s1. The third kappa shape index (κ3) is 4.41. The van der Waals surface area contributed by atoms with E-state index in [0.717, 1.165) is 71.2 Å². The van der Waals surface area contributed by atoms with Crippen LogP contribution < -0.4 is 19.9 Å². The molecule has 1 aromatic heterocycles. The van der Waals surface area contributed by atoms with Gasteiger partial charge >= 0.3 is 6.01 Å². The van der Waals surface area contributed by atoms with E-state index in [2.05, 4.69) is 58.1 Å². The predicted molar refractivity (Wildman–Crippen MR) is 134 cm³/mol. The Kier molecular flexibility index (Phi) is 6.45. The van der Waals surface area contributed by atoms with E-state index >= 15 is 0 Å². The third-order valence-corrected chi connectivity index (χ3v) is 6.73. The van der Waals surface area contributed by atoms with Crippen LogP contribution in [0.5, 0.6) is 6.01 Å². The first-order valence-electron chi connectivity index (χ1n) is 11.1. The summed E-state index contributed by atoms with van der Waals surface area (Å²) in [6.07, 6.45) is 1.29. The third-order valence-electron chi connectivity index (χ3n) is 6.28. The quantitative estimate of drug-likeness (QED) is 0.424. The number of rotatable bonds is 5. The Balaban J connectivity index is 1.51. The number of hydrogen-bond donors (Lipinski definition) is 2. The van der Waals surface area contributed by atoms with E-state index in [4.69, 9.17) is 31.6 Å². The van der Waals surface area contributed by atoms with Gasteiger partial charge in [0.25, 0.3) is 0 Å². The number of hydrogen-bond acceptors (Lipinski definition) is 8. The van der Waals surface area contributed by atoms with Crippen LogP contribution in [0.2, 0.25) is 5.02 Å². The van der Waals surface area contributed by atoms with Crippen molar-refractivity contribution in [2.24, 2.45) is 0 Å². The molecule has 7 nitrogen and oxygen atoms in total. The van der Waals surface area contributed by atoms with Crippen LogP contribution in [0.25, 0.3) is 10.8 Å². The van der Waals surface area contributed by atoms with Gasteiger partial charge in [0, 0.05) is 48.9 Å². The summed E-state index contributed by atoms with van der Waals surface area (Å²) in [6, 6.07) is 15.0. The van der Waals surface area contributed by atoms with Crippen molar-refractivity contribution < 1.29 is 4.74 Å². The second kappa shape index (κ2) is 9.64. The Morgan fingerprint density at radius 1 is 1.18 bits per heavy atom. The van der Waals surface area contributed by atoms with Crippen LogP contribution in [0.3, 0.4) is 0 Å². The lowest BCUT2D eigenvalue weighted by molar-refractivity contribution is 0.357. The highest BCUT2D eigenvalue weighted by Crippen LogP contribution is 2.37. The first-order valence-corrected chi connectivity index (χ1v) is 12.1. The SMILES string of the molecule is N#CC[C@H]1CN(c2nc(OCS)nc3c2CCN(c2cccc4cccc(Cl)c24)C3)CCN1. The molecule has 0 radical (unpaired) electrons. The summed E-state index contributed by atoms with van der Waals surface area (Å²) in [5, 5.41) is 15.5. The zero-order chi connectivity index (χ0) is 22.8. The number of aromatic nitrogens is 2. The van der Waals surface area contributed by atoms with E-state index < -0.39 is 0 Å². The summed E-state index contributed by atoms with van der Waals surface area (Å²) in [5.41, 5.74) is 3.22. The molecule has 9 heteroatoms. The number of fused-ring (bicyclic) bond motifs is 2. The molecule has 0 spiro atoms. The van der Waals surface area contributed by atoms with Gasteiger partial charge in [-0.05, 0) is 23.9 Å². The average molecular weight is 481 g/mol. The van der Waals surface area contributed by atoms with Gasteiger partial charge in [0.15, 0.2) is 0 Å². The molecule has 1 N–H and O–H groups in total. The topological polar surface area (TPSA) is 77.3 Å². The van der Waals surface area contributed by atoms with Crippen molar-refractivity contribution in [2.75, 3.05) is 41.9 Å². The van der Waals surface area contributed by atoms with Crippen LogP contribution in [0.15, 0.2) is 36.4 Å². The molecule has 2 aromatic carbocycles. The Bertz CT molecular complexity index is 1210. The van der Waals surface area contributed by atoms with Crippen LogP contribution >= 0.6 is 24.2 Å². The van der Waals surface area contributed by atoms with Gasteiger partial charge < -0.3 is 19.9 Å². The van der Waals surface area contributed by atoms with Crippen LogP contribution in [-0.2, 0) is 13.0 Å². The van der Waals surface area contributed by atoms with E-state index in [1.54, 1.807) is 0 Å². The molecule has 1 atom stereocenters. The molecule has 0 aliphatic carbocycles. The summed E-state index contributed by atoms with van der Waals surface area (Å²) in [4.78, 5) is 14.1. The number of halogens is 1. The second-order valence-electron chi connectivity index (χ2n) is 8.27. The molecule has 3 aromatic rings. The van der Waals surface area contributed by atoms with Crippen LogP contribution in [-0.4, -0.2) is 48.1 Å².